The molecule has 174 valence electrons. The van der Waals surface area contributed by atoms with Crippen molar-refractivity contribution in [1.29, 1.82) is 0 Å². The van der Waals surface area contributed by atoms with Crippen molar-refractivity contribution >= 4 is 43.2 Å². The van der Waals surface area contributed by atoms with Gasteiger partial charge in [-0.05, 0) is 43.4 Å². The topological polar surface area (TPSA) is 137 Å². The van der Waals surface area contributed by atoms with Crippen LogP contribution in [0.4, 0.5) is 0 Å². The number of aliphatic hydroxyl groups is 1. The lowest BCUT2D eigenvalue weighted by Gasteiger charge is -2.35. The molecule has 9 nitrogen and oxygen atoms in total. The van der Waals surface area contributed by atoms with Gasteiger partial charge in [0.2, 0.25) is 5.91 Å². The molecule has 0 radical (unpaired) electrons. The van der Waals surface area contributed by atoms with Crippen molar-refractivity contribution in [1.82, 2.24) is 15.4 Å². The summed E-state index contributed by atoms with van der Waals surface area (Å²) in [5.41, 5.74) is 2.93. The molecule has 11 heteroatoms. The van der Waals surface area contributed by atoms with Gasteiger partial charge in [-0.3, -0.25) is 14.8 Å². The summed E-state index contributed by atoms with van der Waals surface area (Å²) in [6.45, 7) is 1.79. The van der Waals surface area contributed by atoms with Crippen molar-refractivity contribution < 1.29 is 28.3 Å². The molecule has 1 unspecified atom stereocenters. The van der Waals surface area contributed by atoms with E-state index in [0.717, 1.165) is 22.0 Å². The lowest BCUT2D eigenvalue weighted by molar-refractivity contribution is -0.139. The van der Waals surface area contributed by atoms with Gasteiger partial charge in [0.05, 0.1) is 21.1 Å². The maximum absolute atomic E-state index is 12.1. The molecule has 1 fully saturated rings. The highest BCUT2D eigenvalue weighted by Crippen LogP contribution is 2.28. The Hall–Kier alpha value is -2.96. The number of benzene rings is 1. The molecule has 3 N–H and O–H groups in total. The number of rotatable bonds is 6. The Bertz CT molecular complexity index is 1310. The van der Waals surface area contributed by atoms with Gasteiger partial charge in [0.25, 0.3) is 5.91 Å². The minimum atomic E-state index is -3.77. The first-order valence-electron chi connectivity index (χ1n) is 10.0. The third kappa shape index (κ3) is 5.52. The second-order valence-electron chi connectivity index (χ2n) is 7.91. The normalized spacial score (nSPS) is 15.5. The number of hydrogen-bond acceptors (Lipinski definition) is 8. The molecule has 0 bridgehead atoms. The molecular weight excluding hydrogens is 466 g/mol. The van der Waals surface area contributed by atoms with Crippen LogP contribution >= 0.6 is 11.3 Å². The summed E-state index contributed by atoms with van der Waals surface area (Å²) in [6.07, 6.45) is 1.19. The number of aromatic nitrogens is 1. The summed E-state index contributed by atoms with van der Waals surface area (Å²) in [5.74, 6) is 10.3. The van der Waals surface area contributed by atoms with Gasteiger partial charge >= 0.3 is 0 Å². The molecule has 0 aliphatic carbocycles. The van der Waals surface area contributed by atoms with Gasteiger partial charge in [-0.25, -0.2) is 18.9 Å². The number of aliphatic hydroxyl groups excluding tert-OH is 1. The molecule has 33 heavy (non-hydrogen) atoms. The number of carbonyl (C=O) groups is 2. The van der Waals surface area contributed by atoms with Gasteiger partial charge in [-0.15, -0.1) is 11.3 Å². The van der Waals surface area contributed by atoms with Crippen LogP contribution in [-0.4, -0.2) is 71.1 Å². The zero-order valence-corrected chi connectivity index (χ0v) is 19.7. The average molecular weight is 490 g/mol. The Morgan fingerprint density at radius 2 is 2.06 bits per heavy atom. The van der Waals surface area contributed by atoms with Crippen LogP contribution in [0, 0.1) is 29.6 Å². The van der Waals surface area contributed by atoms with E-state index in [0.29, 0.717) is 18.1 Å². The number of hydroxylamine groups is 1. The summed E-state index contributed by atoms with van der Waals surface area (Å²) in [5, 5.41) is 18.4. The van der Waals surface area contributed by atoms with E-state index in [9.17, 15) is 18.0 Å². The highest BCUT2D eigenvalue weighted by Gasteiger charge is 2.43. The number of thiazole rings is 1. The van der Waals surface area contributed by atoms with E-state index in [4.69, 9.17) is 10.3 Å². The molecule has 1 aromatic carbocycles. The zero-order chi connectivity index (χ0) is 24.2. The number of fused-ring (bicyclic) bond motifs is 1. The molecule has 2 amide bonds. The largest absolute Gasteiger partial charge is 0.387 e. The SMILES string of the molecule is CC(CCc1nc2ccc(C#CC#CC3CN(C(=O)CO)C3)cc2s1)(C(=O)NO)S(C)(=O)=O. The summed E-state index contributed by atoms with van der Waals surface area (Å²) < 4.78 is 23.3. The maximum atomic E-state index is 12.1. The highest BCUT2D eigenvalue weighted by molar-refractivity contribution is 7.92. The lowest BCUT2D eigenvalue weighted by Crippen LogP contribution is -2.50. The van der Waals surface area contributed by atoms with Crippen LogP contribution in [0.2, 0.25) is 0 Å². The predicted molar refractivity (Wildman–Crippen MR) is 123 cm³/mol. The molecule has 0 saturated carbocycles. The first-order chi connectivity index (χ1) is 15.6. The molecule has 1 aliphatic heterocycles. The van der Waals surface area contributed by atoms with Gasteiger partial charge in [-0.1, -0.05) is 11.8 Å². The van der Waals surface area contributed by atoms with Gasteiger partial charge in [0.15, 0.2) is 9.84 Å². The van der Waals surface area contributed by atoms with Crippen molar-refractivity contribution in [2.75, 3.05) is 26.0 Å². The minimum absolute atomic E-state index is 0.0250. The zero-order valence-electron chi connectivity index (χ0n) is 18.1. The van der Waals surface area contributed by atoms with Crippen molar-refractivity contribution in [3.8, 4) is 23.7 Å². The fraction of sp³-hybridized carbons (Fsp3) is 0.409. The number of nitrogens with zero attached hydrogens (tertiary/aromatic N) is 2. The number of sulfone groups is 1. The van der Waals surface area contributed by atoms with Crippen LogP contribution in [0.25, 0.3) is 10.2 Å². The van der Waals surface area contributed by atoms with Gasteiger partial charge < -0.3 is 10.0 Å². The third-order valence-corrected chi connectivity index (χ3v) is 8.67. The summed E-state index contributed by atoms with van der Waals surface area (Å²) in [7, 11) is -3.77. The smallest absolute Gasteiger partial charge is 0.264 e. The predicted octanol–water partition coefficient (Wildman–Crippen LogP) is 0.343. The monoisotopic (exact) mass is 489 g/mol. The fourth-order valence-electron chi connectivity index (χ4n) is 3.20. The first-order valence-corrected chi connectivity index (χ1v) is 12.7. The van der Waals surface area contributed by atoms with E-state index in [1.165, 1.54) is 28.6 Å². The highest BCUT2D eigenvalue weighted by atomic mass is 32.2. The van der Waals surface area contributed by atoms with Crippen LogP contribution in [0.3, 0.4) is 0 Å². The summed E-state index contributed by atoms with van der Waals surface area (Å²) >= 11 is 1.38. The molecule has 1 saturated heterocycles. The quantitative estimate of drug-likeness (QED) is 0.302. The number of amides is 2. The number of likely N-dealkylation sites (tertiary alicyclic amines) is 1. The Morgan fingerprint density at radius 3 is 2.70 bits per heavy atom. The van der Waals surface area contributed by atoms with Crippen LogP contribution < -0.4 is 5.48 Å². The van der Waals surface area contributed by atoms with Crippen LogP contribution in [0.15, 0.2) is 18.2 Å². The Morgan fingerprint density at radius 1 is 1.33 bits per heavy atom. The first kappa shape index (κ1) is 24.7. The molecule has 1 aliphatic rings. The number of carbonyl (C=O) groups excluding carboxylic acids is 2. The summed E-state index contributed by atoms with van der Waals surface area (Å²) in [6, 6.07) is 5.49. The van der Waals surface area contributed by atoms with E-state index >= 15 is 0 Å². The third-order valence-electron chi connectivity index (χ3n) is 5.56. The maximum Gasteiger partial charge on any atom is 0.264 e. The average Bonchev–Trinajstić information content (AvgIpc) is 3.16. The van der Waals surface area contributed by atoms with E-state index in [-0.39, 0.29) is 24.7 Å². The van der Waals surface area contributed by atoms with Gasteiger partial charge in [0, 0.05) is 31.3 Å². The molecule has 1 atom stereocenters. The van der Waals surface area contributed by atoms with E-state index in [1.807, 2.05) is 18.2 Å². The van der Waals surface area contributed by atoms with Crippen LogP contribution in [0.5, 0.6) is 0 Å². The molecular formula is C22H23N3O6S2. The van der Waals surface area contributed by atoms with Crippen LogP contribution in [0.1, 0.15) is 23.9 Å². The van der Waals surface area contributed by atoms with Crippen LogP contribution in [-0.2, 0) is 25.8 Å². The molecule has 1 aromatic heterocycles. The second kappa shape index (κ2) is 9.89. The van der Waals surface area contributed by atoms with Crippen molar-refractivity contribution in [2.24, 2.45) is 5.92 Å². The Balaban J connectivity index is 1.66. The minimum Gasteiger partial charge on any atom is -0.387 e. The Labute approximate surface area is 195 Å². The number of nitrogens with one attached hydrogen (secondary N) is 1. The molecule has 3 rings (SSSR count). The van der Waals surface area contributed by atoms with Gasteiger partial charge in [-0.2, -0.15) is 0 Å². The fourth-order valence-corrected chi connectivity index (χ4v) is 5.06. The van der Waals surface area contributed by atoms with Crippen molar-refractivity contribution in [3.05, 3.63) is 28.8 Å². The number of aryl methyl sites for hydroxylation is 1. The van der Waals surface area contributed by atoms with Crippen molar-refractivity contribution in [3.63, 3.8) is 0 Å². The summed E-state index contributed by atoms with van der Waals surface area (Å²) in [4.78, 5) is 29.3. The second-order valence-corrected chi connectivity index (χ2v) is 11.5. The van der Waals surface area contributed by atoms with Gasteiger partial charge in [0.1, 0.15) is 11.4 Å². The van der Waals surface area contributed by atoms with E-state index < -0.39 is 27.1 Å². The van der Waals surface area contributed by atoms with E-state index in [1.54, 1.807) is 0 Å². The molecule has 0 spiro atoms. The standard InChI is InChI=1S/C22H23N3O6S2/c1-22(21(28)24-29,33(2,30)31)10-9-19-23-17-8-7-15(11-18(17)32-19)5-3-4-6-16-12-25(13-16)20(27)14-26/h7-8,11,16,26,29H,9-10,12-14H2,1-2H3,(H,24,28). The lowest BCUT2D eigenvalue weighted by atomic mass is 10.0. The van der Waals surface area contributed by atoms with Crippen molar-refractivity contribution in [2.45, 2.75) is 24.5 Å². The molecule has 2 heterocycles. The Kier molecular flexibility index (Phi) is 7.40. The number of hydrogen-bond donors (Lipinski definition) is 3. The molecule has 2 aromatic rings. The van der Waals surface area contributed by atoms with E-state index in [2.05, 4.69) is 28.7 Å².